The molecule has 1 saturated carbocycles. The van der Waals surface area contributed by atoms with E-state index in [4.69, 9.17) is 28.9 Å². The van der Waals surface area contributed by atoms with Crippen LogP contribution in [0, 0.1) is 23.6 Å². The van der Waals surface area contributed by atoms with Gasteiger partial charge in [0.05, 0.1) is 24.8 Å². The number of carbonyl (C=O) groups is 1. The Labute approximate surface area is 341 Å². The summed E-state index contributed by atoms with van der Waals surface area (Å²) in [6, 6.07) is 20.9. The number of fused-ring (bicyclic) bond motifs is 2. The summed E-state index contributed by atoms with van der Waals surface area (Å²) in [6.07, 6.45) is 9.83. The Balaban J connectivity index is 1.60. The van der Waals surface area contributed by atoms with Gasteiger partial charge < -0.3 is 34.0 Å². The van der Waals surface area contributed by atoms with Crippen LogP contribution in [0.4, 0.5) is 9.18 Å². The van der Waals surface area contributed by atoms with Gasteiger partial charge in [0.2, 0.25) is 5.79 Å². The second-order valence-electron chi connectivity index (χ2n) is 15.1. The monoisotopic (exact) mass is 796 g/mol. The first-order valence-corrected chi connectivity index (χ1v) is 20.5. The van der Waals surface area contributed by atoms with Gasteiger partial charge >= 0.3 is 6.09 Å². The Hall–Kier alpha value is -4.97. The second-order valence-corrected chi connectivity index (χ2v) is 15.1. The fraction of sp³-hybridized carbons (Fsp3) is 0.447. The minimum atomic E-state index is -1.47. The van der Waals surface area contributed by atoms with E-state index in [1.54, 1.807) is 36.1 Å². The summed E-state index contributed by atoms with van der Waals surface area (Å²) in [5, 5.41) is 24.6. The molecule has 6 rings (SSSR count). The normalized spacial score (nSPS) is 23.8. The summed E-state index contributed by atoms with van der Waals surface area (Å²) in [5.41, 5.74) is 4.17. The minimum absolute atomic E-state index is 0.0429. The van der Waals surface area contributed by atoms with Crippen LogP contribution >= 0.6 is 0 Å². The number of amides is 1. The predicted molar refractivity (Wildman–Crippen MR) is 221 cm³/mol. The van der Waals surface area contributed by atoms with E-state index in [2.05, 4.69) is 19.2 Å². The molecule has 3 aromatic carbocycles. The number of carbonyl (C=O) groups excluding carboxylic acids is 1. The first-order valence-electron chi connectivity index (χ1n) is 20.5. The van der Waals surface area contributed by atoms with E-state index in [0.717, 1.165) is 42.4 Å². The third kappa shape index (κ3) is 9.65. The molecule has 1 amide bonds. The highest BCUT2D eigenvalue weighted by molar-refractivity contribution is 6.03. The Morgan fingerprint density at radius 2 is 1.71 bits per heavy atom. The molecule has 310 valence electrons. The number of benzene rings is 3. The molecule has 1 heterocycles. The topological polar surface area (TPSA) is 119 Å². The maximum atomic E-state index is 14.3. The van der Waals surface area contributed by atoms with Crippen LogP contribution in [-0.2, 0) is 27.5 Å². The molecule has 3 aliphatic rings. The molecule has 2 N–H and O–H groups in total. The molecule has 0 saturated heterocycles. The molecule has 6 unspecified atom stereocenters. The van der Waals surface area contributed by atoms with E-state index < -0.39 is 23.8 Å². The van der Waals surface area contributed by atoms with E-state index in [1.165, 1.54) is 12.1 Å². The van der Waals surface area contributed by atoms with E-state index >= 15 is 0 Å². The number of aliphatic hydroxyl groups is 2. The van der Waals surface area contributed by atoms with Gasteiger partial charge in [-0.3, -0.25) is 4.90 Å². The van der Waals surface area contributed by atoms with Crippen LogP contribution in [0.3, 0.4) is 0 Å². The van der Waals surface area contributed by atoms with Crippen molar-refractivity contribution in [3.8, 4) is 11.5 Å². The summed E-state index contributed by atoms with van der Waals surface area (Å²) >= 11 is 0. The SMILES string of the molecule is C=CCOc1ccc2c(c1)C1C(CCCCO)C(CCCCO)C=C3C(=NOCc4ccccc4)CC(N(Cc4ccc(F)cc4)C(=O)OCC)C(OCC=C)(O2)C31. The molecular formula is C47H57FN2O8. The van der Waals surface area contributed by atoms with Crippen LogP contribution in [-0.4, -0.2) is 71.8 Å². The van der Waals surface area contributed by atoms with E-state index in [9.17, 15) is 19.4 Å². The van der Waals surface area contributed by atoms with Crippen LogP contribution < -0.4 is 9.47 Å². The quantitative estimate of drug-likeness (QED) is 0.0624. The maximum absolute atomic E-state index is 14.3. The number of hydrogen-bond donors (Lipinski definition) is 2. The predicted octanol–water partition coefficient (Wildman–Crippen LogP) is 8.88. The number of ether oxygens (including phenoxy) is 4. The van der Waals surface area contributed by atoms with Crippen LogP contribution in [0.1, 0.15) is 74.5 Å². The molecule has 11 heteroatoms. The Bertz CT molecular complexity index is 1880. The Kier molecular flexibility index (Phi) is 15.2. The lowest BCUT2D eigenvalue weighted by Crippen LogP contribution is -2.70. The van der Waals surface area contributed by atoms with E-state index in [0.29, 0.717) is 42.2 Å². The van der Waals surface area contributed by atoms with Gasteiger partial charge in [0.25, 0.3) is 0 Å². The molecule has 3 aromatic rings. The van der Waals surface area contributed by atoms with Crippen molar-refractivity contribution in [2.24, 2.45) is 22.9 Å². The molecule has 1 aliphatic heterocycles. The van der Waals surface area contributed by atoms with Crippen LogP contribution in [0.25, 0.3) is 0 Å². The van der Waals surface area contributed by atoms with Gasteiger partial charge in [-0.25, -0.2) is 9.18 Å². The van der Waals surface area contributed by atoms with Gasteiger partial charge in [-0.05, 0) is 91.5 Å². The second kappa shape index (κ2) is 20.6. The molecule has 2 aliphatic carbocycles. The van der Waals surface area contributed by atoms with Gasteiger partial charge in [0, 0.05) is 37.7 Å². The molecular weight excluding hydrogens is 740 g/mol. The molecule has 0 spiro atoms. The zero-order chi connectivity index (χ0) is 40.9. The number of halogens is 1. The minimum Gasteiger partial charge on any atom is -0.490 e. The summed E-state index contributed by atoms with van der Waals surface area (Å²) in [5.74, 6) is -1.21. The van der Waals surface area contributed by atoms with Crippen molar-refractivity contribution in [2.75, 3.05) is 33.0 Å². The molecule has 0 aromatic heterocycles. The van der Waals surface area contributed by atoms with Gasteiger partial charge in [-0.2, -0.15) is 0 Å². The largest absolute Gasteiger partial charge is 0.490 e. The zero-order valence-corrected chi connectivity index (χ0v) is 33.5. The average Bonchev–Trinajstić information content (AvgIpc) is 3.24. The first kappa shape index (κ1) is 42.6. The van der Waals surface area contributed by atoms with Gasteiger partial charge in [0.15, 0.2) is 0 Å². The Morgan fingerprint density at radius 1 is 0.966 bits per heavy atom. The number of aliphatic hydroxyl groups excluding tert-OH is 2. The lowest BCUT2D eigenvalue weighted by Gasteiger charge is -2.59. The van der Waals surface area contributed by atoms with Gasteiger partial charge in [-0.1, -0.05) is 85.3 Å². The average molecular weight is 797 g/mol. The highest BCUT2D eigenvalue weighted by Gasteiger charge is 2.65. The number of rotatable bonds is 21. The summed E-state index contributed by atoms with van der Waals surface area (Å²) in [6.45, 7) is 10.7. The van der Waals surface area contributed by atoms with Crippen LogP contribution in [0.5, 0.6) is 11.5 Å². The van der Waals surface area contributed by atoms with Crippen molar-refractivity contribution >= 4 is 11.8 Å². The summed E-state index contributed by atoms with van der Waals surface area (Å²) < 4.78 is 40.3. The molecule has 0 radical (unpaired) electrons. The van der Waals surface area contributed by atoms with E-state index in [1.807, 2.05) is 48.5 Å². The van der Waals surface area contributed by atoms with Crippen LogP contribution in [0.15, 0.2) is 115 Å². The van der Waals surface area contributed by atoms with Gasteiger partial charge in [-0.15, -0.1) is 6.58 Å². The number of nitrogens with zero attached hydrogens (tertiary/aromatic N) is 2. The molecule has 6 atom stereocenters. The third-order valence-corrected chi connectivity index (χ3v) is 11.4. The summed E-state index contributed by atoms with van der Waals surface area (Å²) in [7, 11) is 0. The fourth-order valence-electron chi connectivity index (χ4n) is 8.95. The van der Waals surface area contributed by atoms with Gasteiger partial charge in [0.1, 0.15) is 36.6 Å². The Morgan fingerprint density at radius 3 is 2.41 bits per heavy atom. The highest BCUT2D eigenvalue weighted by Crippen LogP contribution is 2.62. The summed E-state index contributed by atoms with van der Waals surface area (Å²) in [4.78, 5) is 22.1. The third-order valence-electron chi connectivity index (χ3n) is 11.4. The number of hydrogen-bond acceptors (Lipinski definition) is 9. The zero-order valence-electron chi connectivity index (χ0n) is 33.5. The molecule has 58 heavy (non-hydrogen) atoms. The molecule has 0 bridgehead atoms. The number of oxime groups is 1. The lowest BCUT2D eigenvalue weighted by molar-refractivity contribution is -0.256. The highest BCUT2D eigenvalue weighted by atomic mass is 19.1. The van der Waals surface area contributed by atoms with Crippen molar-refractivity contribution in [1.82, 2.24) is 4.90 Å². The lowest BCUT2D eigenvalue weighted by atomic mass is 9.55. The number of allylic oxidation sites excluding steroid dienone is 1. The number of unbranched alkanes of at least 4 members (excludes halogenated alkanes) is 2. The van der Waals surface area contributed by atoms with Crippen molar-refractivity contribution < 1.29 is 43.2 Å². The fourth-order valence-corrected chi connectivity index (χ4v) is 8.95. The van der Waals surface area contributed by atoms with Crippen molar-refractivity contribution in [3.63, 3.8) is 0 Å². The smallest absolute Gasteiger partial charge is 0.410 e. The van der Waals surface area contributed by atoms with E-state index in [-0.39, 0.29) is 69.6 Å². The molecule has 10 nitrogen and oxygen atoms in total. The standard InChI is InChI=1S/C47H57FN2O8/c1-4-26-55-37-22-23-42-40(29-37)44-38(17-11-13-25-52)35(16-10-12-24-51)28-39-41(49-57-32-34-14-8-7-9-15-34)30-43(47(58-42,45(39)44)56-27-5-2)50(46(53)54-6-3)31-33-18-20-36(48)21-19-33/h4-5,7-9,14-15,18-23,28-29,35,38,43-45,51-52H,1-2,6,10-13,16-17,24-27,30-32H2,3H3. The first-order chi connectivity index (χ1) is 28.4. The van der Waals surface area contributed by atoms with Crippen LogP contribution in [0.2, 0.25) is 0 Å². The maximum Gasteiger partial charge on any atom is 0.410 e. The van der Waals surface area contributed by atoms with Crippen molar-refractivity contribution in [3.05, 3.63) is 132 Å². The van der Waals surface area contributed by atoms with Crippen molar-refractivity contribution in [1.29, 1.82) is 0 Å². The van der Waals surface area contributed by atoms with Crippen molar-refractivity contribution in [2.45, 2.75) is 82.8 Å². The molecule has 1 fully saturated rings.